The van der Waals surface area contributed by atoms with Gasteiger partial charge in [0, 0.05) is 24.6 Å². The molecule has 2 N–H and O–H groups in total. The summed E-state index contributed by atoms with van der Waals surface area (Å²) in [5.41, 5.74) is 8.31. The van der Waals surface area contributed by atoms with Gasteiger partial charge < -0.3 is 10.5 Å². The highest BCUT2D eigenvalue weighted by Crippen LogP contribution is 2.21. The molecular formula is C13H16N6O. The second-order valence-electron chi connectivity index (χ2n) is 4.45. The van der Waals surface area contributed by atoms with Crippen molar-refractivity contribution in [3.05, 3.63) is 30.7 Å². The van der Waals surface area contributed by atoms with E-state index in [1.54, 1.807) is 15.4 Å². The van der Waals surface area contributed by atoms with Gasteiger partial charge in [0.1, 0.15) is 6.23 Å². The van der Waals surface area contributed by atoms with Crippen molar-refractivity contribution in [2.24, 2.45) is 0 Å². The van der Waals surface area contributed by atoms with Crippen LogP contribution in [0.15, 0.2) is 30.7 Å². The predicted octanol–water partition coefficient (Wildman–Crippen LogP) is 1.73. The van der Waals surface area contributed by atoms with Gasteiger partial charge in [-0.15, -0.1) is 5.10 Å². The molecule has 0 aliphatic carbocycles. The Labute approximate surface area is 116 Å². The van der Waals surface area contributed by atoms with Crippen LogP contribution >= 0.6 is 0 Å². The summed E-state index contributed by atoms with van der Waals surface area (Å²) in [5.74, 6) is 0.266. The zero-order chi connectivity index (χ0) is 14.1. The average Bonchev–Trinajstić information content (AvgIpc) is 3.02. The molecule has 7 heteroatoms. The molecule has 0 radical (unpaired) electrons. The molecule has 1 unspecified atom stereocenters. The molecule has 3 aromatic rings. The maximum absolute atomic E-state index is 5.58. The van der Waals surface area contributed by atoms with E-state index in [4.69, 9.17) is 10.5 Å². The highest BCUT2D eigenvalue weighted by atomic mass is 16.5. The molecule has 104 valence electrons. The van der Waals surface area contributed by atoms with E-state index in [1.165, 1.54) is 0 Å². The Morgan fingerprint density at radius 1 is 1.40 bits per heavy atom. The summed E-state index contributed by atoms with van der Waals surface area (Å²) in [6.07, 6.45) is 5.51. The van der Waals surface area contributed by atoms with Gasteiger partial charge in [0.25, 0.3) is 0 Å². The highest BCUT2D eigenvalue weighted by Gasteiger charge is 2.09. The first-order valence-electron chi connectivity index (χ1n) is 6.45. The highest BCUT2D eigenvalue weighted by molar-refractivity contribution is 5.66. The van der Waals surface area contributed by atoms with Gasteiger partial charge >= 0.3 is 0 Å². The minimum absolute atomic E-state index is 0.0822. The molecule has 0 aliphatic heterocycles. The van der Waals surface area contributed by atoms with Gasteiger partial charge in [-0.3, -0.25) is 0 Å². The van der Waals surface area contributed by atoms with Gasteiger partial charge in [0.05, 0.1) is 6.20 Å². The Morgan fingerprint density at radius 2 is 2.25 bits per heavy atom. The van der Waals surface area contributed by atoms with Crippen molar-refractivity contribution < 1.29 is 4.74 Å². The number of pyridine rings is 1. The van der Waals surface area contributed by atoms with Crippen LogP contribution in [-0.2, 0) is 4.74 Å². The van der Waals surface area contributed by atoms with Crippen LogP contribution in [0.2, 0.25) is 0 Å². The van der Waals surface area contributed by atoms with E-state index in [9.17, 15) is 0 Å². The zero-order valence-electron chi connectivity index (χ0n) is 11.4. The van der Waals surface area contributed by atoms with E-state index in [2.05, 4.69) is 15.2 Å². The van der Waals surface area contributed by atoms with Gasteiger partial charge in [-0.2, -0.15) is 10.1 Å². The van der Waals surface area contributed by atoms with Crippen molar-refractivity contribution in [2.75, 3.05) is 12.3 Å². The SMILES string of the molecule is CCOC(C)n1cc(-c2ccn3nc(N)nc3c2)cn1. The fraction of sp³-hybridized carbons (Fsp3) is 0.308. The molecule has 0 saturated heterocycles. The number of anilines is 1. The fourth-order valence-electron chi connectivity index (χ4n) is 2.08. The molecule has 0 spiro atoms. The third-order valence-corrected chi connectivity index (χ3v) is 3.07. The smallest absolute Gasteiger partial charge is 0.240 e. The fourth-order valence-corrected chi connectivity index (χ4v) is 2.08. The van der Waals surface area contributed by atoms with Crippen LogP contribution in [0.3, 0.4) is 0 Å². The van der Waals surface area contributed by atoms with E-state index >= 15 is 0 Å². The zero-order valence-corrected chi connectivity index (χ0v) is 11.4. The van der Waals surface area contributed by atoms with Crippen molar-refractivity contribution in [1.29, 1.82) is 0 Å². The van der Waals surface area contributed by atoms with E-state index in [0.717, 1.165) is 11.1 Å². The summed E-state index contributed by atoms with van der Waals surface area (Å²) in [4.78, 5) is 4.15. The molecule has 20 heavy (non-hydrogen) atoms. The summed E-state index contributed by atoms with van der Waals surface area (Å²) in [6.45, 7) is 4.58. The largest absolute Gasteiger partial charge is 0.366 e. The number of rotatable bonds is 4. The summed E-state index contributed by atoms with van der Waals surface area (Å²) >= 11 is 0. The second-order valence-corrected chi connectivity index (χ2v) is 4.45. The molecule has 0 amide bonds. The van der Waals surface area contributed by atoms with Gasteiger partial charge in [0.15, 0.2) is 5.65 Å². The molecule has 3 heterocycles. The van der Waals surface area contributed by atoms with Gasteiger partial charge in [0.2, 0.25) is 5.95 Å². The number of nitrogen functional groups attached to an aromatic ring is 1. The normalized spacial score (nSPS) is 12.9. The summed E-state index contributed by atoms with van der Waals surface area (Å²) in [7, 11) is 0. The lowest BCUT2D eigenvalue weighted by Crippen LogP contribution is -2.09. The lowest BCUT2D eigenvalue weighted by Gasteiger charge is -2.11. The first kappa shape index (κ1) is 12.6. The minimum Gasteiger partial charge on any atom is -0.366 e. The number of fused-ring (bicyclic) bond motifs is 1. The second kappa shape index (κ2) is 4.93. The number of nitrogens with zero attached hydrogens (tertiary/aromatic N) is 5. The molecule has 0 aromatic carbocycles. The van der Waals surface area contributed by atoms with E-state index in [-0.39, 0.29) is 12.2 Å². The Kier molecular flexibility index (Phi) is 3.11. The van der Waals surface area contributed by atoms with E-state index < -0.39 is 0 Å². The molecule has 0 fully saturated rings. The van der Waals surface area contributed by atoms with Crippen molar-refractivity contribution in [1.82, 2.24) is 24.4 Å². The number of aromatic nitrogens is 5. The Balaban J connectivity index is 1.94. The quantitative estimate of drug-likeness (QED) is 0.782. The third-order valence-electron chi connectivity index (χ3n) is 3.07. The third kappa shape index (κ3) is 2.23. The van der Waals surface area contributed by atoms with Crippen LogP contribution in [0.5, 0.6) is 0 Å². The van der Waals surface area contributed by atoms with Gasteiger partial charge in [-0.25, -0.2) is 9.20 Å². The first-order chi connectivity index (χ1) is 9.67. The maximum Gasteiger partial charge on any atom is 0.240 e. The van der Waals surface area contributed by atoms with Crippen LogP contribution in [0, 0.1) is 0 Å². The number of hydrogen-bond donors (Lipinski definition) is 1. The van der Waals surface area contributed by atoms with Crippen LogP contribution in [0.4, 0.5) is 5.95 Å². The molecule has 1 atom stereocenters. The maximum atomic E-state index is 5.58. The summed E-state index contributed by atoms with van der Waals surface area (Å²) < 4.78 is 8.95. The minimum atomic E-state index is -0.0822. The molecule has 3 rings (SSSR count). The Hall–Kier alpha value is -2.41. The number of nitrogens with two attached hydrogens (primary N) is 1. The molecule has 7 nitrogen and oxygen atoms in total. The van der Waals surface area contributed by atoms with Crippen LogP contribution < -0.4 is 5.73 Å². The van der Waals surface area contributed by atoms with Crippen LogP contribution in [-0.4, -0.2) is 31.0 Å². The molecule has 0 saturated carbocycles. The van der Waals surface area contributed by atoms with Crippen LogP contribution in [0.1, 0.15) is 20.1 Å². The Bertz CT molecular complexity index is 731. The van der Waals surface area contributed by atoms with E-state index in [1.807, 2.05) is 38.4 Å². The topological polar surface area (TPSA) is 83.3 Å². The lowest BCUT2D eigenvalue weighted by atomic mass is 10.1. The number of ether oxygens (including phenoxy) is 1. The van der Waals surface area contributed by atoms with Crippen molar-refractivity contribution in [2.45, 2.75) is 20.1 Å². The monoisotopic (exact) mass is 272 g/mol. The standard InChI is InChI=1S/C13H16N6O/c1-3-20-9(2)19-8-11(7-15-19)10-4-5-18-12(6-10)16-13(14)17-18/h4-9H,3H2,1-2H3,(H2,14,17). The van der Waals surface area contributed by atoms with Crippen LogP contribution in [0.25, 0.3) is 16.8 Å². The molecule has 0 aliphatic rings. The molecule has 0 bridgehead atoms. The lowest BCUT2D eigenvalue weighted by molar-refractivity contribution is 0.0160. The van der Waals surface area contributed by atoms with Crippen molar-refractivity contribution in [3.8, 4) is 11.1 Å². The van der Waals surface area contributed by atoms with Crippen molar-refractivity contribution >= 4 is 11.6 Å². The summed E-state index contributed by atoms with van der Waals surface area (Å²) in [6, 6.07) is 3.88. The van der Waals surface area contributed by atoms with Gasteiger partial charge in [-0.05, 0) is 31.5 Å². The first-order valence-corrected chi connectivity index (χ1v) is 6.45. The van der Waals surface area contributed by atoms with Gasteiger partial charge in [-0.1, -0.05) is 0 Å². The average molecular weight is 272 g/mol. The number of hydrogen-bond acceptors (Lipinski definition) is 5. The molecule has 3 aromatic heterocycles. The Morgan fingerprint density at radius 3 is 3.05 bits per heavy atom. The predicted molar refractivity (Wildman–Crippen MR) is 75.0 cm³/mol. The van der Waals surface area contributed by atoms with E-state index in [0.29, 0.717) is 12.3 Å². The summed E-state index contributed by atoms with van der Waals surface area (Å²) in [5, 5.41) is 8.37. The molecular weight excluding hydrogens is 256 g/mol. The van der Waals surface area contributed by atoms with Crippen molar-refractivity contribution in [3.63, 3.8) is 0 Å².